The maximum atomic E-state index is 13.4. The molecule has 2 aromatic carbocycles. The van der Waals surface area contributed by atoms with Crippen LogP contribution in [0, 0.1) is 17.6 Å². The van der Waals surface area contributed by atoms with Gasteiger partial charge in [0.15, 0.2) is 0 Å². The lowest BCUT2D eigenvalue weighted by Crippen LogP contribution is -2.32. The third kappa shape index (κ3) is 5.51. The third-order valence-electron chi connectivity index (χ3n) is 4.58. The number of rotatable bonds is 8. The van der Waals surface area contributed by atoms with E-state index in [1.807, 2.05) is 24.3 Å². The third-order valence-corrected chi connectivity index (χ3v) is 4.58. The molecule has 0 saturated carbocycles. The van der Waals surface area contributed by atoms with Crippen LogP contribution in [0.5, 0.6) is 5.75 Å². The topological polar surface area (TPSA) is 67.9 Å². The molecule has 1 unspecified atom stereocenters. The zero-order chi connectivity index (χ0) is 20.8. The molecular weight excluding hydrogens is 382 g/mol. The van der Waals surface area contributed by atoms with Crippen molar-refractivity contribution in [3.05, 3.63) is 59.7 Å². The van der Waals surface area contributed by atoms with Gasteiger partial charge in [0.2, 0.25) is 11.8 Å². The second kappa shape index (κ2) is 9.47. The zero-order valence-corrected chi connectivity index (χ0v) is 16.0. The first-order valence-corrected chi connectivity index (χ1v) is 9.21. The average molecular weight is 404 g/mol. The number of methoxy groups -OCH3 is 1. The maximum absolute atomic E-state index is 13.4. The molecule has 8 heteroatoms. The zero-order valence-electron chi connectivity index (χ0n) is 16.0. The summed E-state index contributed by atoms with van der Waals surface area (Å²) in [6.07, 6.45) is -0.00979. The summed E-state index contributed by atoms with van der Waals surface area (Å²) in [6.45, 7) is 1.25. The molecule has 3 rings (SSSR count). The first kappa shape index (κ1) is 20.7. The number of hydrogen-bond donors (Lipinski definition) is 1. The first-order valence-electron chi connectivity index (χ1n) is 9.21. The van der Waals surface area contributed by atoms with Crippen LogP contribution in [0.15, 0.2) is 42.5 Å². The van der Waals surface area contributed by atoms with Crippen molar-refractivity contribution in [2.75, 3.05) is 31.8 Å². The molecule has 1 heterocycles. The van der Waals surface area contributed by atoms with Gasteiger partial charge in [0.25, 0.3) is 0 Å². The smallest absolute Gasteiger partial charge is 0.227 e. The highest BCUT2D eigenvalue weighted by Gasteiger charge is 2.35. The van der Waals surface area contributed by atoms with E-state index in [2.05, 4.69) is 5.32 Å². The van der Waals surface area contributed by atoms with Gasteiger partial charge in [-0.05, 0) is 29.8 Å². The van der Waals surface area contributed by atoms with Crippen LogP contribution in [0.3, 0.4) is 0 Å². The van der Waals surface area contributed by atoms with Crippen LogP contribution in [0.25, 0.3) is 0 Å². The maximum Gasteiger partial charge on any atom is 0.227 e. The van der Waals surface area contributed by atoms with Crippen LogP contribution in [-0.2, 0) is 20.9 Å². The number of carbonyl (C=O) groups excluding carboxylic acids is 2. The van der Waals surface area contributed by atoms with E-state index in [1.54, 1.807) is 7.11 Å². The monoisotopic (exact) mass is 404 g/mol. The van der Waals surface area contributed by atoms with Gasteiger partial charge in [-0.2, -0.15) is 0 Å². The number of nitrogens with one attached hydrogen (secondary N) is 1. The molecule has 0 bridgehead atoms. The molecule has 154 valence electrons. The number of amides is 2. The van der Waals surface area contributed by atoms with E-state index in [-0.39, 0.29) is 37.0 Å². The minimum Gasteiger partial charge on any atom is -0.491 e. The van der Waals surface area contributed by atoms with Crippen LogP contribution < -0.4 is 15.0 Å². The number of benzene rings is 2. The standard InChI is InChI=1S/C21H22F2N2O4/c1-28-5-6-29-19-4-2-3-14(7-19)12-24-21(27)15-8-20(26)25(13-15)18-10-16(22)9-17(23)11-18/h2-4,7,9-11,15H,5-6,8,12-13H2,1H3,(H,24,27). The quantitative estimate of drug-likeness (QED) is 0.687. The van der Waals surface area contributed by atoms with E-state index in [4.69, 9.17) is 9.47 Å². The average Bonchev–Trinajstić information content (AvgIpc) is 3.08. The van der Waals surface area contributed by atoms with Crippen LogP contribution in [0.1, 0.15) is 12.0 Å². The Morgan fingerprint density at radius 2 is 1.93 bits per heavy atom. The normalized spacial score (nSPS) is 16.2. The summed E-state index contributed by atoms with van der Waals surface area (Å²) in [7, 11) is 1.59. The molecule has 29 heavy (non-hydrogen) atoms. The molecule has 0 aromatic heterocycles. The molecule has 1 aliphatic rings. The Labute approximate surface area is 167 Å². The van der Waals surface area contributed by atoms with Gasteiger partial charge in [0.05, 0.1) is 12.5 Å². The van der Waals surface area contributed by atoms with E-state index < -0.39 is 17.6 Å². The molecule has 1 aliphatic heterocycles. The lowest BCUT2D eigenvalue weighted by Gasteiger charge is -2.17. The Kier molecular flexibility index (Phi) is 6.77. The number of hydrogen-bond acceptors (Lipinski definition) is 4. The first-order chi connectivity index (χ1) is 14.0. The molecule has 0 aliphatic carbocycles. The summed E-state index contributed by atoms with van der Waals surface area (Å²) in [5.41, 5.74) is 0.963. The number of anilines is 1. The van der Waals surface area contributed by atoms with Gasteiger partial charge in [0, 0.05) is 38.4 Å². The van der Waals surface area contributed by atoms with Gasteiger partial charge >= 0.3 is 0 Å². The van der Waals surface area contributed by atoms with Gasteiger partial charge in [-0.25, -0.2) is 8.78 Å². The Balaban J connectivity index is 1.56. The summed E-state index contributed by atoms with van der Waals surface area (Å²) in [5, 5.41) is 2.80. The minimum absolute atomic E-state index is 0.00979. The summed E-state index contributed by atoms with van der Waals surface area (Å²) in [4.78, 5) is 26.0. The fourth-order valence-electron chi connectivity index (χ4n) is 3.15. The van der Waals surface area contributed by atoms with Gasteiger partial charge in [0.1, 0.15) is 24.0 Å². The van der Waals surface area contributed by atoms with Crippen LogP contribution in [0.2, 0.25) is 0 Å². The second-order valence-corrected chi connectivity index (χ2v) is 6.74. The molecule has 2 aromatic rings. The van der Waals surface area contributed by atoms with E-state index >= 15 is 0 Å². The Hall–Kier alpha value is -3.00. The van der Waals surface area contributed by atoms with Crippen molar-refractivity contribution in [3.63, 3.8) is 0 Å². The molecule has 1 saturated heterocycles. The summed E-state index contributed by atoms with van der Waals surface area (Å²) in [6, 6.07) is 10.2. The van der Waals surface area contributed by atoms with Crippen LogP contribution in [0.4, 0.5) is 14.5 Å². The van der Waals surface area contributed by atoms with Crippen LogP contribution >= 0.6 is 0 Å². The predicted octanol–water partition coefficient (Wildman–Crippen LogP) is 2.66. The second-order valence-electron chi connectivity index (χ2n) is 6.74. The molecular formula is C21H22F2N2O4. The van der Waals surface area contributed by atoms with E-state index in [9.17, 15) is 18.4 Å². The van der Waals surface area contributed by atoms with E-state index in [0.717, 1.165) is 23.8 Å². The summed E-state index contributed by atoms with van der Waals surface area (Å²) >= 11 is 0. The van der Waals surface area contributed by atoms with Crippen LogP contribution in [-0.4, -0.2) is 38.7 Å². The number of halogens is 2. The number of ether oxygens (including phenoxy) is 2. The van der Waals surface area contributed by atoms with Crippen molar-refractivity contribution in [1.29, 1.82) is 0 Å². The molecule has 2 amide bonds. The molecule has 0 radical (unpaired) electrons. The highest BCUT2D eigenvalue weighted by Crippen LogP contribution is 2.26. The SMILES string of the molecule is COCCOc1cccc(CNC(=O)C2CC(=O)N(c3cc(F)cc(F)c3)C2)c1. The molecule has 1 fully saturated rings. The Bertz CT molecular complexity index is 870. The van der Waals surface area contributed by atoms with Gasteiger partial charge in [-0.15, -0.1) is 0 Å². The number of carbonyl (C=O) groups is 2. The highest BCUT2D eigenvalue weighted by molar-refractivity contribution is 6.00. The molecule has 6 nitrogen and oxygen atoms in total. The number of nitrogens with zero attached hydrogens (tertiary/aromatic N) is 1. The molecule has 1 N–H and O–H groups in total. The predicted molar refractivity (Wildman–Crippen MR) is 102 cm³/mol. The Morgan fingerprint density at radius 1 is 1.17 bits per heavy atom. The molecule has 1 atom stereocenters. The fraction of sp³-hybridized carbons (Fsp3) is 0.333. The summed E-state index contributed by atoms with van der Waals surface area (Å²) in [5.74, 6) is -2.09. The largest absolute Gasteiger partial charge is 0.491 e. The fourth-order valence-corrected chi connectivity index (χ4v) is 3.15. The summed E-state index contributed by atoms with van der Waals surface area (Å²) < 4.78 is 37.3. The van der Waals surface area contributed by atoms with Crippen molar-refractivity contribution in [3.8, 4) is 5.75 Å². The molecule has 0 spiro atoms. The van der Waals surface area contributed by atoms with E-state index in [1.165, 1.54) is 4.90 Å². The van der Waals surface area contributed by atoms with Crippen molar-refractivity contribution in [1.82, 2.24) is 5.32 Å². The van der Waals surface area contributed by atoms with Gasteiger partial charge in [-0.3, -0.25) is 9.59 Å². The lowest BCUT2D eigenvalue weighted by molar-refractivity contribution is -0.126. The van der Waals surface area contributed by atoms with Crippen molar-refractivity contribution >= 4 is 17.5 Å². The van der Waals surface area contributed by atoms with Crippen molar-refractivity contribution < 1.29 is 27.8 Å². The Morgan fingerprint density at radius 3 is 2.66 bits per heavy atom. The highest BCUT2D eigenvalue weighted by atomic mass is 19.1. The van der Waals surface area contributed by atoms with Gasteiger partial charge < -0.3 is 19.7 Å². The lowest BCUT2D eigenvalue weighted by atomic mass is 10.1. The van der Waals surface area contributed by atoms with Gasteiger partial charge in [-0.1, -0.05) is 12.1 Å². The van der Waals surface area contributed by atoms with Crippen molar-refractivity contribution in [2.45, 2.75) is 13.0 Å². The minimum atomic E-state index is -0.770. The van der Waals surface area contributed by atoms with E-state index in [0.29, 0.717) is 19.0 Å². The van der Waals surface area contributed by atoms with Crippen molar-refractivity contribution in [2.24, 2.45) is 5.92 Å².